The molecule has 1 saturated carbocycles. The predicted octanol–water partition coefficient (Wildman–Crippen LogP) is 18.4. The van der Waals surface area contributed by atoms with E-state index in [0.29, 0.717) is 0 Å². The summed E-state index contributed by atoms with van der Waals surface area (Å²) < 4.78 is 6.73. The number of para-hydroxylation sites is 1. The molecule has 4 nitrogen and oxygen atoms in total. The molecule has 0 saturated heterocycles. The highest BCUT2D eigenvalue weighted by Gasteiger charge is 2.58. The Kier molecular flexibility index (Phi) is 10.2. The van der Waals surface area contributed by atoms with Crippen LogP contribution in [0.5, 0.6) is 0 Å². The number of aryl methyl sites for hydroxylation is 2. The quantitative estimate of drug-likeness (QED) is 0.164. The maximum absolute atomic E-state index is 6.73. The van der Waals surface area contributed by atoms with Crippen molar-refractivity contribution in [3.8, 4) is 11.1 Å². The normalized spacial score (nSPS) is 22.4. The van der Waals surface area contributed by atoms with E-state index in [1.807, 2.05) is 0 Å². The fraction of sp³-hybridized carbons (Fsp3) is 0.351. The van der Waals surface area contributed by atoms with E-state index in [4.69, 9.17) is 4.42 Å². The first-order valence-electron chi connectivity index (χ1n) is 29.8. The van der Waals surface area contributed by atoms with E-state index in [-0.39, 0.29) is 39.3 Å². The van der Waals surface area contributed by atoms with Crippen LogP contribution in [0.4, 0.5) is 45.5 Å². The highest BCUT2D eigenvalue weighted by molar-refractivity contribution is 7.00. The summed E-state index contributed by atoms with van der Waals surface area (Å²) in [7, 11) is 0. The third-order valence-electron chi connectivity index (χ3n) is 21.7. The van der Waals surface area contributed by atoms with Gasteiger partial charge in [-0.25, -0.2) is 0 Å². The summed E-state index contributed by atoms with van der Waals surface area (Å²) in [5, 5.41) is 2.31. The summed E-state index contributed by atoms with van der Waals surface area (Å²) in [5.74, 6) is 0. The van der Waals surface area contributed by atoms with Crippen LogP contribution in [0.25, 0.3) is 33.1 Å². The van der Waals surface area contributed by atoms with Crippen molar-refractivity contribution in [1.82, 2.24) is 0 Å². The lowest BCUT2D eigenvalue weighted by Crippen LogP contribution is -2.62. The lowest BCUT2D eigenvalue weighted by molar-refractivity contribution is 0.195. The average Bonchev–Trinajstić information content (AvgIpc) is 2.55. The summed E-state index contributed by atoms with van der Waals surface area (Å²) in [6, 6.07) is 57.1. The van der Waals surface area contributed by atoms with Crippen molar-refractivity contribution in [1.29, 1.82) is 0 Å². The molecule has 2 atom stereocenters. The van der Waals surface area contributed by atoms with Crippen LogP contribution in [-0.2, 0) is 27.1 Å². The topological polar surface area (TPSA) is 22.9 Å². The zero-order valence-corrected chi connectivity index (χ0v) is 48.8. The van der Waals surface area contributed by atoms with Crippen LogP contribution in [0, 0.1) is 13.8 Å². The molecule has 2 unspecified atom stereocenters. The summed E-state index contributed by atoms with van der Waals surface area (Å²) in [4.78, 5) is 8.22. The standard InChI is InChI=1S/C74H76BN3O/c1-45-37-63-68-64(38-45)77(60-43-53-51(39-46(60)2)69(3,4)33-35-71(53,7)8)61-41-49(78-58-30-27-48(47-21-14-13-15-22-47)40-55(58)73(11)31-18-19-32-74(73,78)12)28-29-56(61)75(68)57-42-52-54(72(9,10)36-34-70(52,5)6)44-62(57)76(63)59-24-20-26-66-67(59)50-23-16-17-25-65(50)79-66/h13-17,20-30,37-44H,18-19,31-36H2,1-12H3. The molecule has 5 heteroatoms. The van der Waals surface area contributed by atoms with Crippen LogP contribution in [-0.4, -0.2) is 12.3 Å². The lowest BCUT2D eigenvalue weighted by Gasteiger charge is -2.51. The van der Waals surface area contributed by atoms with Gasteiger partial charge in [-0.1, -0.05) is 154 Å². The van der Waals surface area contributed by atoms with Gasteiger partial charge in [0.05, 0.1) is 16.6 Å². The van der Waals surface area contributed by atoms with Crippen LogP contribution < -0.4 is 31.1 Å². The Morgan fingerprint density at radius 1 is 0.418 bits per heavy atom. The van der Waals surface area contributed by atoms with Crippen molar-refractivity contribution in [3.05, 3.63) is 185 Å². The SMILES string of the molecule is Cc1cc2c3c(c1)N(c1cccc4oc5ccccc5c14)c1cc4c(cc1B3c1ccc(N3c5ccc(-c6ccccc6)cc5C5(C)CCCCC35C)cc1N2c1cc2c(cc1C)C(C)(C)CCC2(C)C)C(C)(C)CCC4(C)C. The molecule has 0 amide bonds. The molecule has 396 valence electrons. The zero-order valence-electron chi connectivity index (χ0n) is 48.8. The molecular weight excluding hydrogens is 958 g/mol. The average molecular weight is 1030 g/mol. The van der Waals surface area contributed by atoms with E-state index in [0.717, 1.165) is 53.3 Å². The smallest absolute Gasteiger partial charge is 0.252 e. The third-order valence-corrected chi connectivity index (χ3v) is 21.7. The molecule has 8 aromatic carbocycles. The summed E-state index contributed by atoms with van der Waals surface area (Å²) in [5.41, 5.74) is 28.8. The van der Waals surface area contributed by atoms with E-state index in [1.54, 1.807) is 0 Å². The monoisotopic (exact) mass is 1030 g/mol. The number of benzene rings is 8. The predicted molar refractivity (Wildman–Crippen MR) is 336 cm³/mol. The first-order valence-corrected chi connectivity index (χ1v) is 29.8. The lowest BCUT2D eigenvalue weighted by atomic mass is 9.33. The summed E-state index contributed by atoms with van der Waals surface area (Å²) in [6.45, 7) is 29.8. The molecule has 4 heterocycles. The Labute approximate surface area is 469 Å². The first kappa shape index (κ1) is 49.1. The van der Waals surface area contributed by atoms with E-state index >= 15 is 0 Å². The number of anilines is 8. The number of rotatable bonds is 4. The van der Waals surface area contributed by atoms with Gasteiger partial charge in [0.25, 0.3) is 6.71 Å². The number of fused-ring (bicyclic) bond motifs is 12. The van der Waals surface area contributed by atoms with Crippen LogP contribution in [0.1, 0.15) is 160 Å². The molecule has 0 N–H and O–H groups in total. The first-order chi connectivity index (χ1) is 37.7. The van der Waals surface area contributed by atoms with Gasteiger partial charge in [0.15, 0.2) is 0 Å². The van der Waals surface area contributed by atoms with Gasteiger partial charge in [-0.05, 0) is 214 Å². The summed E-state index contributed by atoms with van der Waals surface area (Å²) in [6.07, 6.45) is 9.44. The van der Waals surface area contributed by atoms with Gasteiger partial charge in [0, 0.05) is 50.6 Å². The number of hydrogen-bond donors (Lipinski definition) is 0. The number of hydrogen-bond acceptors (Lipinski definition) is 4. The van der Waals surface area contributed by atoms with Gasteiger partial charge in [-0.15, -0.1) is 0 Å². The Balaban J connectivity index is 1.04. The van der Waals surface area contributed by atoms with Crippen molar-refractivity contribution < 1.29 is 4.42 Å². The molecular formula is C74H76BN3O. The number of furan rings is 1. The van der Waals surface area contributed by atoms with Gasteiger partial charge >= 0.3 is 0 Å². The largest absolute Gasteiger partial charge is 0.456 e. The molecule has 1 aromatic heterocycles. The fourth-order valence-corrected chi connectivity index (χ4v) is 16.7. The van der Waals surface area contributed by atoms with Crippen molar-refractivity contribution >= 4 is 90.5 Å². The second kappa shape index (κ2) is 16.3. The van der Waals surface area contributed by atoms with Crippen LogP contribution >= 0.6 is 0 Å². The second-order valence-electron chi connectivity index (χ2n) is 28.2. The van der Waals surface area contributed by atoms with Crippen molar-refractivity contribution in [2.75, 3.05) is 14.7 Å². The van der Waals surface area contributed by atoms with Crippen LogP contribution in [0.2, 0.25) is 0 Å². The molecule has 1 fully saturated rings. The molecule has 0 bridgehead atoms. The minimum Gasteiger partial charge on any atom is -0.456 e. The zero-order chi connectivity index (χ0) is 54.5. The van der Waals surface area contributed by atoms with Crippen LogP contribution in [0.15, 0.2) is 150 Å². The maximum atomic E-state index is 6.73. The highest BCUT2D eigenvalue weighted by atomic mass is 16.3. The van der Waals surface area contributed by atoms with Gasteiger partial charge < -0.3 is 19.1 Å². The Bertz CT molecular complexity index is 4080. The van der Waals surface area contributed by atoms with Crippen LogP contribution in [0.3, 0.4) is 0 Å². The third kappa shape index (κ3) is 6.74. The van der Waals surface area contributed by atoms with E-state index in [9.17, 15) is 0 Å². The highest BCUT2D eigenvalue weighted by Crippen LogP contribution is 2.62. The van der Waals surface area contributed by atoms with Crippen molar-refractivity contribution in [3.63, 3.8) is 0 Å². The molecule has 6 aliphatic rings. The van der Waals surface area contributed by atoms with Gasteiger partial charge in [0.2, 0.25) is 0 Å². The molecule has 15 rings (SSSR count). The second-order valence-corrected chi connectivity index (χ2v) is 28.2. The minimum atomic E-state index is -0.122. The van der Waals surface area contributed by atoms with E-state index < -0.39 is 0 Å². The van der Waals surface area contributed by atoms with Crippen molar-refractivity contribution in [2.45, 2.75) is 167 Å². The van der Waals surface area contributed by atoms with E-state index in [1.165, 1.54) is 132 Å². The van der Waals surface area contributed by atoms with Gasteiger partial charge in [0.1, 0.15) is 11.2 Å². The molecule has 3 aliphatic carbocycles. The molecule has 0 radical (unpaired) electrons. The number of nitrogens with zero attached hydrogens (tertiary/aromatic N) is 3. The Hall–Kier alpha value is -6.98. The summed E-state index contributed by atoms with van der Waals surface area (Å²) >= 11 is 0. The van der Waals surface area contributed by atoms with Gasteiger partial charge in [-0.3, -0.25) is 0 Å². The van der Waals surface area contributed by atoms with Crippen molar-refractivity contribution in [2.24, 2.45) is 0 Å². The van der Waals surface area contributed by atoms with E-state index in [2.05, 4.69) is 243 Å². The Morgan fingerprint density at radius 2 is 1.01 bits per heavy atom. The molecule has 79 heavy (non-hydrogen) atoms. The Morgan fingerprint density at radius 3 is 1.72 bits per heavy atom. The van der Waals surface area contributed by atoms with Gasteiger partial charge in [-0.2, -0.15) is 0 Å². The maximum Gasteiger partial charge on any atom is 0.252 e. The molecule has 3 aliphatic heterocycles. The molecule has 9 aromatic rings. The minimum absolute atomic E-state index is 0.0119. The molecule has 0 spiro atoms. The fourth-order valence-electron chi connectivity index (χ4n) is 16.7.